The number of nitrogens with zero attached hydrogens (tertiary/aromatic N) is 3. The molecule has 1 aromatic heterocycles. The van der Waals surface area contributed by atoms with Crippen molar-refractivity contribution in [3.63, 3.8) is 0 Å². The number of benzene rings is 1. The van der Waals surface area contributed by atoms with Crippen LogP contribution in [0.15, 0.2) is 35.5 Å². The quantitative estimate of drug-likeness (QED) is 0.916. The molecule has 2 rings (SSSR count). The summed E-state index contributed by atoms with van der Waals surface area (Å²) in [7, 11) is -2.26. The molecule has 0 aliphatic rings. The van der Waals surface area contributed by atoms with Crippen LogP contribution in [0.5, 0.6) is 0 Å². The molecular formula is C11H9FN4O2S. The predicted molar refractivity (Wildman–Crippen MR) is 65.1 cm³/mol. The van der Waals surface area contributed by atoms with Gasteiger partial charge in [-0.2, -0.15) is 10.4 Å². The number of halogens is 1. The number of aryl methyl sites for hydroxylation is 1. The topological polar surface area (TPSA) is 87.8 Å². The fraction of sp³-hybridized carbons (Fsp3) is 0.0909. The third-order valence-electron chi connectivity index (χ3n) is 2.34. The summed E-state index contributed by atoms with van der Waals surface area (Å²) < 4.78 is 40.5. The molecule has 0 atom stereocenters. The fourth-order valence-electron chi connectivity index (χ4n) is 1.44. The number of aromatic nitrogens is 2. The monoisotopic (exact) mass is 280 g/mol. The molecule has 19 heavy (non-hydrogen) atoms. The van der Waals surface area contributed by atoms with E-state index in [1.165, 1.54) is 23.1 Å². The zero-order valence-corrected chi connectivity index (χ0v) is 10.6. The van der Waals surface area contributed by atoms with Crippen molar-refractivity contribution in [2.45, 2.75) is 4.90 Å². The van der Waals surface area contributed by atoms with E-state index in [1.54, 1.807) is 13.1 Å². The summed E-state index contributed by atoms with van der Waals surface area (Å²) in [5.74, 6) is -0.610. The summed E-state index contributed by atoms with van der Waals surface area (Å²) in [6, 6.07) is 4.95. The van der Waals surface area contributed by atoms with Crippen molar-refractivity contribution in [1.29, 1.82) is 5.26 Å². The number of hydrogen-bond acceptors (Lipinski definition) is 4. The zero-order chi connectivity index (χ0) is 14.0. The van der Waals surface area contributed by atoms with Gasteiger partial charge in [0.25, 0.3) is 10.0 Å². The van der Waals surface area contributed by atoms with Crippen LogP contribution in [-0.4, -0.2) is 18.2 Å². The summed E-state index contributed by atoms with van der Waals surface area (Å²) >= 11 is 0. The predicted octanol–water partition coefficient (Wildman–Crippen LogP) is 1.23. The molecule has 0 saturated carbocycles. The SMILES string of the molecule is Cn1cc(S(=O)(=O)Nc2ccc(F)cc2C#N)cn1. The van der Waals surface area contributed by atoms with Crippen LogP contribution in [0.4, 0.5) is 10.1 Å². The summed E-state index contributed by atoms with van der Waals surface area (Å²) in [4.78, 5) is -0.0387. The van der Waals surface area contributed by atoms with E-state index in [0.29, 0.717) is 0 Å². The summed E-state index contributed by atoms with van der Waals surface area (Å²) in [6.07, 6.45) is 2.50. The zero-order valence-electron chi connectivity index (χ0n) is 9.83. The third-order valence-corrected chi connectivity index (χ3v) is 3.66. The van der Waals surface area contributed by atoms with E-state index in [1.807, 2.05) is 0 Å². The van der Waals surface area contributed by atoms with Crippen molar-refractivity contribution < 1.29 is 12.8 Å². The molecule has 0 aliphatic heterocycles. The molecule has 0 aliphatic carbocycles. The molecule has 0 amide bonds. The van der Waals surface area contributed by atoms with E-state index < -0.39 is 15.8 Å². The minimum absolute atomic E-state index is 0.0211. The lowest BCUT2D eigenvalue weighted by Crippen LogP contribution is -2.13. The lowest BCUT2D eigenvalue weighted by atomic mass is 10.2. The Hall–Kier alpha value is -2.40. The van der Waals surface area contributed by atoms with Crippen molar-refractivity contribution in [2.24, 2.45) is 7.05 Å². The van der Waals surface area contributed by atoms with Gasteiger partial charge in [-0.05, 0) is 18.2 Å². The summed E-state index contributed by atoms with van der Waals surface area (Å²) in [5, 5.41) is 12.6. The minimum Gasteiger partial charge on any atom is -0.278 e. The molecule has 6 nitrogen and oxygen atoms in total. The molecule has 1 aromatic carbocycles. The molecule has 2 aromatic rings. The van der Waals surface area contributed by atoms with Crippen molar-refractivity contribution >= 4 is 15.7 Å². The van der Waals surface area contributed by atoms with Crippen LogP contribution < -0.4 is 4.72 Å². The molecule has 1 N–H and O–H groups in total. The standard InChI is InChI=1S/C11H9FN4O2S/c1-16-7-10(6-14-16)19(17,18)15-11-3-2-9(12)4-8(11)5-13/h2-4,6-7,15H,1H3. The van der Waals surface area contributed by atoms with Gasteiger partial charge in [0.15, 0.2) is 0 Å². The third kappa shape index (κ3) is 2.71. The van der Waals surface area contributed by atoms with Gasteiger partial charge in [0.2, 0.25) is 0 Å². The van der Waals surface area contributed by atoms with Gasteiger partial charge >= 0.3 is 0 Å². The highest BCUT2D eigenvalue weighted by Gasteiger charge is 2.18. The largest absolute Gasteiger partial charge is 0.278 e. The van der Waals surface area contributed by atoms with E-state index in [-0.39, 0.29) is 16.1 Å². The van der Waals surface area contributed by atoms with Crippen LogP contribution in [0.3, 0.4) is 0 Å². The van der Waals surface area contributed by atoms with E-state index in [0.717, 1.165) is 12.1 Å². The Morgan fingerprint density at radius 1 is 1.47 bits per heavy atom. The maximum Gasteiger partial charge on any atom is 0.265 e. The summed E-state index contributed by atoms with van der Waals surface area (Å²) in [5.41, 5.74) is -0.0692. The number of anilines is 1. The van der Waals surface area contributed by atoms with Crippen molar-refractivity contribution in [2.75, 3.05) is 4.72 Å². The van der Waals surface area contributed by atoms with E-state index >= 15 is 0 Å². The lowest BCUT2D eigenvalue weighted by Gasteiger charge is -2.07. The van der Waals surface area contributed by atoms with Gasteiger partial charge in [-0.3, -0.25) is 9.40 Å². The first-order chi connectivity index (χ1) is 8.92. The molecule has 98 valence electrons. The fourth-order valence-corrected chi connectivity index (χ4v) is 2.50. The first kappa shape index (κ1) is 13.0. The normalized spacial score (nSPS) is 11.0. The highest BCUT2D eigenvalue weighted by Crippen LogP contribution is 2.20. The molecular weight excluding hydrogens is 271 g/mol. The van der Waals surface area contributed by atoms with Gasteiger partial charge in [0.1, 0.15) is 16.8 Å². The van der Waals surface area contributed by atoms with E-state index in [9.17, 15) is 12.8 Å². The van der Waals surface area contributed by atoms with E-state index in [2.05, 4.69) is 9.82 Å². The Bertz CT molecular complexity index is 761. The Morgan fingerprint density at radius 2 is 2.21 bits per heavy atom. The average Bonchev–Trinajstić information content (AvgIpc) is 2.79. The van der Waals surface area contributed by atoms with Gasteiger partial charge in [-0.15, -0.1) is 0 Å². The summed E-state index contributed by atoms with van der Waals surface area (Å²) in [6.45, 7) is 0. The van der Waals surface area contributed by atoms with E-state index in [4.69, 9.17) is 5.26 Å². The molecule has 0 unspecified atom stereocenters. The number of hydrogen-bond donors (Lipinski definition) is 1. The lowest BCUT2D eigenvalue weighted by molar-refractivity contribution is 0.600. The minimum atomic E-state index is -3.84. The number of nitriles is 1. The van der Waals surface area contributed by atoms with Crippen molar-refractivity contribution in [3.05, 3.63) is 42.0 Å². The van der Waals surface area contributed by atoms with Gasteiger partial charge in [-0.1, -0.05) is 0 Å². The molecule has 0 radical (unpaired) electrons. The molecule has 0 spiro atoms. The van der Waals surface area contributed by atoms with Crippen LogP contribution in [-0.2, 0) is 17.1 Å². The van der Waals surface area contributed by atoms with Crippen LogP contribution in [0.1, 0.15) is 5.56 Å². The van der Waals surface area contributed by atoms with Gasteiger partial charge in [0.05, 0.1) is 17.4 Å². The number of sulfonamides is 1. The second kappa shape index (κ2) is 4.70. The van der Waals surface area contributed by atoms with Gasteiger partial charge in [0, 0.05) is 13.2 Å². The highest BCUT2D eigenvalue weighted by atomic mass is 32.2. The maximum absolute atomic E-state index is 13.0. The van der Waals surface area contributed by atoms with Gasteiger partial charge < -0.3 is 0 Å². The van der Waals surface area contributed by atoms with Crippen LogP contribution in [0.2, 0.25) is 0 Å². The van der Waals surface area contributed by atoms with Crippen LogP contribution >= 0.6 is 0 Å². The first-order valence-electron chi connectivity index (χ1n) is 5.13. The second-order valence-electron chi connectivity index (χ2n) is 3.76. The molecule has 0 bridgehead atoms. The molecule has 0 fully saturated rings. The maximum atomic E-state index is 13.0. The number of rotatable bonds is 3. The first-order valence-corrected chi connectivity index (χ1v) is 6.62. The highest BCUT2D eigenvalue weighted by molar-refractivity contribution is 7.92. The molecule has 8 heteroatoms. The van der Waals surface area contributed by atoms with Crippen molar-refractivity contribution in [1.82, 2.24) is 9.78 Å². The van der Waals surface area contributed by atoms with Crippen molar-refractivity contribution in [3.8, 4) is 6.07 Å². The Morgan fingerprint density at radius 3 is 2.79 bits per heavy atom. The van der Waals surface area contributed by atoms with Crippen LogP contribution in [0, 0.1) is 17.1 Å². The van der Waals surface area contributed by atoms with Crippen LogP contribution in [0.25, 0.3) is 0 Å². The van der Waals surface area contributed by atoms with Gasteiger partial charge in [-0.25, -0.2) is 12.8 Å². The second-order valence-corrected chi connectivity index (χ2v) is 5.44. The average molecular weight is 280 g/mol. The Labute approximate surface area is 109 Å². The number of nitrogens with one attached hydrogen (secondary N) is 1. The molecule has 0 saturated heterocycles. The Kier molecular flexibility index (Phi) is 3.23. The Balaban J connectivity index is 2.39. The smallest absolute Gasteiger partial charge is 0.265 e. The molecule has 1 heterocycles.